The van der Waals surface area contributed by atoms with Crippen molar-refractivity contribution in [3.05, 3.63) is 51.7 Å². The Balaban J connectivity index is 2.23. The maximum Gasteiger partial charge on any atom is 0.265 e. The second-order valence-electron chi connectivity index (χ2n) is 4.82. The molecule has 0 aliphatic carbocycles. The fraction of sp³-hybridized carbons (Fsp3) is 0.250. The Morgan fingerprint density at radius 2 is 2.13 bits per heavy atom. The summed E-state index contributed by atoms with van der Waals surface area (Å²) in [4.78, 5) is 3.94. The lowest BCUT2D eigenvalue weighted by Gasteiger charge is -2.12. The highest BCUT2D eigenvalue weighted by molar-refractivity contribution is 6.30. The molecule has 1 aromatic heterocycles. The summed E-state index contributed by atoms with van der Waals surface area (Å²) in [6.07, 6.45) is -2.80. The predicted molar refractivity (Wildman–Crippen MR) is 84.0 cm³/mol. The summed E-state index contributed by atoms with van der Waals surface area (Å²) in [5.41, 5.74) is 1.23. The van der Waals surface area contributed by atoms with E-state index in [-0.39, 0.29) is 16.5 Å². The molecule has 0 aliphatic heterocycles. The number of nitriles is 1. The molecular weight excluding hydrogens is 324 g/mol. The van der Waals surface area contributed by atoms with E-state index in [1.807, 2.05) is 25.1 Å². The first-order chi connectivity index (χ1) is 11.0. The molecule has 120 valence electrons. The number of methoxy groups -OCH3 is 1. The molecule has 0 unspecified atom stereocenters. The molecule has 0 aliphatic rings. The van der Waals surface area contributed by atoms with Gasteiger partial charge in [0.1, 0.15) is 22.8 Å². The van der Waals surface area contributed by atoms with Crippen LogP contribution in [0.25, 0.3) is 0 Å². The average molecular weight is 338 g/mol. The first-order valence-corrected chi connectivity index (χ1v) is 7.10. The van der Waals surface area contributed by atoms with Crippen molar-refractivity contribution in [3.8, 4) is 11.8 Å². The van der Waals surface area contributed by atoms with Gasteiger partial charge in [0.05, 0.1) is 12.7 Å². The SMILES string of the molecule is COc1ccc(CNc2cc(C(F)F)c(C#N)c(Cl)n2)c(C)c1. The summed E-state index contributed by atoms with van der Waals surface area (Å²) in [7, 11) is 1.58. The Morgan fingerprint density at radius 1 is 1.39 bits per heavy atom. The van der Waals surface area contributed by atoms with E-state index in [0.717, 1.165) is 22.9 Å². The van der Waals surface area contributed by atoms with Crippen molar-refractivity contribution >= 4 is 17.4 Å². The van der Waals surface area contributed by atoms with Gasteiger partial charge in [-0.05, 0) is 36.2 Å². The summed E-state index contributed by atoms with van der Waals surface area (Å²) >= 11 is 5.81. The molecule has 0 bridgehead atoms. The molecule has 0 amide bonds. The number of nitrogens with zero attached hydrogens (tertiary/aromatic N) is 2. The normalized spacial score (nSPS) is 10.5. The quantitative estimate of drug-likeness (QED) is 0.818. The van der Waals surface area contributed by atoms with Crippen LogP contribution >= 0.6 is 11.6 Å². The molecule has 0 fully saturated rings. The van der Waals surface area contributed by atoms with Gasteiger partial charge in [0.25, 0.3) is 6.43 Å². The number of anilines is 1. The lowest BCUT2D eigenvalue weighted by Crippen LogP contribution is -2.05. The van der Waals surface area contributed by atoms with Gasteiger partial charge >= 0.3 is 0 Å². The van der Waals surface area contributed by atoms with Gasteiger partial charge in [0, 0.05) is 12.1 Å². The molecule has 7 heteroatoms. The van der Waals surface area contributed by atoms with Gasteiger partial charge in [-0.1, -0.05) is 17.7 Å². The first-order valence-electron chi connectivity index (χ1n) is 6.72. The maximum absolute atomic E-state index is 13.0. The number of nitrogens with one attached hydrogen (secondary N) is 1. The summed E-state index contributed by atoms with van der Waals surface area (Å²) in [5, 5.41) is 11.6. The summed E-state index contributed by atoms with van der Waals surface area (Å²) in [5.74, 6) is 0.935. The van der Waals surface area contributed by atoms with Gasteiger partial charge in [-0.25, -0.2) is 13.8 Å². The third-order valence-corrected chi connectivity index (χ3v) is 3.64. The molecular formula is C16H14ClF2N3O. The van der Waals surface area contributed by atoms with E-state index < -0.39 is 12.0 Å². The molecule has 0 radical (unpaired) electrons. The Kier molecular flexibility index (Phi) is 5.35. The highest BCUT2D eigenvalue weighted by Gasteiger charge is 2.18. The number of hydrogen-bond donors (Lipinski definition) is 1. The standard InChI is InChI=1S/C16H14ClF2N3O/c1-9-5-11(23-2)4-3-10(9)8-21-14-6-12(16(18)19)13(7-20)15(17)22-14/h3-6,16H,8H2,1-2H3,(H,21,22). The van der Waals surface area contributed by atoms with Crippen molar-refractivity contribution in [3.63, 3.8) is 0 Å². The van der Waals surface area contributed by atoms with Crippen molar-refractivity contribution in [1.82, 2.24) is 4.98 Å². The van der Waals surface area contributed by atoms with Crippen LogP contribution in [0.1, 0.15) is 28.7 Å². The zero-order valence-corrected chi connectivity index (χ0v) is 13.3. The number of benzene rings is 1. The lowest BCUT2D eigenvalue weighted by atomic mass is 10.1. The largest absolute Gasteiger partial charge is 0.497 e. The minimum Gasteiger partial charge on any atom is -0.497 e. The topological polar surface area (TPSA) is 57.9 Å². The average Bonchev–Trinajstić information content (AvgIpc) is 2.52. The zero-order chi connectivity index (χ0) is 17.0. The monoisotopic (exact) mass is 337 g/mol. The minimum absolute atomic E-state index is 0.194. The van der Waals surface area contributed by atoms with Crippen molar-refractivity contribution in [2.45, 2.75) is 19.9 Å². The second kappa shape index (κ2) is 7.25. The molecule has 1 heterocycles. The van der Waals surface area contributed by atoms with Crippen LogP contribution in [0.5, 0.6) is 5.75 Å². The predicted octanol–water partition coefficient (Wildman–Crippen LogP) is 4.47. The lowest BCUT2D eigenvalue weighted by molar-refractivity contribution is 0.151. The van der Waals surface area contributed by atoms with Crippen LogP contribution in [0.3, 0.4) is 0 Å². The van der Waals surface area contributed by atoms with Crippen LogP contribution in [0, 0.1) is 18.3 Å². The highest BCUT2D eigenvalue weighted by Crippen LogP contribution is 2.29. The molecule has 4 nitrogen and oxygen atoms in total. The third-order valence-electron chi connectivity index (χ3n) is 3.36. The van der Waals surface area contributed by atoms with Crippen molar-refractivity contribution in [1.29, 1.82) is 5.26 Å². The Bertz CT molecular complexity index is 760. The maximum atomic E-state index is 13.0. The van der Waals surface area contributed by atoms with Crippen molar-refractivity contribution in [2.24, 2.45) is 0 Å². The van der Waals surface area contributed by atoms with Crippen LogP contribution < -0.4 is 10.1 Å². The van der Waals surface area contributed by atoms with Gasteiger partial charge in [0.2, 0.25) is 0 Å². The molecule has 1 aromatic carbocycles. The minimum atomic E-state index is -2.80. The van der Waals surface area contributed by atoms with E-state index in [1.165, 1.54) is 0 Å². The number of alkyl halides is 2. The fourth-order valence-corrected chi connectivity index (χ4v) is 2.33. The number of aryl methyl sites for hydroxylation is 1. The summed E-state index contributed by atoms with van der Waals surface area (Å²) in [6.45, 7) is 2.30. The first kappa shape index (κ1) is 17.0. The number of rotatable bonds is 5. The molecule has 23 heavy (non-hydrogen) atoms. The van der Waals surface area contributed by atoms with Crippen molar-refractivity contribution in [2.75, 3.05) is 12.4 Å². The Morgan fingerprint density at radius 3 is 2.70 bits per heavy atom. The van der Waals surface area contributed by atoms with Crippen molar-refractivity contribution < 1.29 is 13.5 Å². The van der Waals surface area contributed by atoms with Gasteiger partial charge in [-0.2, -0.15) is 5.26 Å². The van der Waals surface area contributed by atoms with Gasteiger partial charge in [0.15, 0.2) is 0 Å². The van der Waals surface area contributed by atoms with E-state index in [2.05, 4.69) is 10.3 Å². The highest BCUT2D eigenvalue weighted by atomic mass is 35.5. The molecule has 0 saturated heterocycles. The van der Waals surface area contributed by atoms with E-state index in [1.54, 1.807) is 13.2 Å². The smallest absolute Gasteiger partial charge is 0.265 e. The van der Waals surface area contributed by atoms with E-state index in [9.17, 15) is 8.78 Å². The molecule has 0 saturated carbocycles. The molecule has 2 rings (SSSR count). The molecule has 0 atom stereocenters. The van der Waals surface area contributed by atoms with Gasteiger partial charge in [-0.15, -0.1) is 0 Å². The van der Waals surface area contributed by atoms with E-state index in [4.69, 9.17) is 21.6 Å². The van der Waals surface area contributed by atoms with Crippen LogP contribution in [0.2, 0.25) is 5.15 Å². The number of hydrogen-bond acceptors (Lipinski definition) is 4. The molecule has 2 aromatic rings. The second-order valence-corrected chi connectivity index (χ2v) is 5.18. The summed E-state index contributed by atoms with van der Waals surface area (Å²) in [6, 6.07) is 8.36. The van der Waals surface area contributed by atoms with Gasteiger partial charge < -0.3 is 10.1 Å². The number of halogens is 3. The molecule has 0 spiro atoms. The molecule has 1 N–H and O–H groups in total. The van der Waals surface area contributed by atoms with Crippen LogP contribution in [-0.2, 0) is 6.54 Å². The fourth-order valence-electron chi connectivity index (χ4n) is 2.09. The number of ether oxygens (including phenoxy) is 1. The van der Waals surface area contributed by atoms with E-state index >= 15 is 0 Å². The van der Waals surface area contributed by atoms with Crippen LogP contribution in [-0.4, -0.2) is 12.1 Å². The Hall–Kier alpha value is -2.39. The third kappa shape index (κ3) is 3.88. The number of aromatic nitrogens is 1. The zero-order valence-electron chi connectivity index (χ0n) is 12.5. The van der Waals surface area contributed by atoms with E-state index in [0.29, 0.717) is 6.54 Å². The van der Waals surface area contributed by atoms with Crippen LogP contribution in [0.4, 0.5) is 14.6 Å². The number of pyridine rings is 1. The van der Waals surface area contributed by atoms with Crippen LogP contribution in [0.15, 0.2) is 24.3 Å². The summed E-state index contributed by atoms with van der Waals surface area (Å²) < 4.78 is 31.1. The van der Waals surface area contributed by atoms with Gasteiger partial charge in [-0.3, -0.25) is 0 Å². The Labute approximate surface area is 137 Å².